The standard InChI is InChI=1S/C17H18O4/c1-19-14-10-7-13(8-11-14)9-12-17(18)21-16-6-4-3-5-15(16)20-2/h3-8,10-11H,9,12H2,1-2H3. The number of hydrogen-bond acceptors (Lipinski definition) is 4. The van der Waals surface area contributed by atoms with E-state index in [1.54, 1.807) is 32.4 Å². The Morgan fingerprint density at radius 3 is 2.19 bits per heavy atom. The zero-order valence-corrected chi connectivity index (χ0v) is 12.2. The molecular weight excluding hydrogens is 268 g/mol. The first-order valence-electron chi connectivity index (χ1n) is 6.69. The maximum absolute atomic E-state index is 11.9. The highest BCUT2D eigenvalue weighted by Crippen LogP contribution is 2.26. The number of carbonyl (C=O) groups is 1. The van der Waals surface area contributed by atoms with Crippen molar-refractivity contribution in [2.75, 3.05) is 14.2 Å². The van der Waals surface area contributed by atoms with Gasteiger partial charge in [0.05, 0.1) is 14.2 Å². The monoisotopic (exact) mass is 286 g/mol. The van der Waals surface area contributed by atoms with Crippen LogP contribution in [0.4, 0.5) is 0 Å². The van der Waals surface area contributed by atoms with Gasteiger partial charge in [0.25, 0.3) is 0 Å². The Bertz CT molecular complexity index is 590. The molecule has 0 aliphatic heterocycles. The van der Waals surface area contributed by atoms with Crippen molar-refractivity contribution < 1.29 is 19.0 Å². The van der Waals surface area contributed by atoms with E-state index in [2.05, 4.69) is 0 Å². The maximum Gasteiger partial charge on any atom is 0.311 e. The van der Waals surface area contributed by atoms with Gasteiger partial charge in [0, 0.05) is 6.42 Å². The molecule has 0 atom stereocenters. The summed E-state index contributed by atoms with van der Waals surface area (Å²) < 4.78 is 15.6. The molecule has 0 amide bonds. The molecule has 0 saturated heterocycles. The second-order valence-electron chi connectivity index (χ2n) is 4.47. The Morgan fingerprint density at radius 1 is 0.905 bits per heavy atom. The number of carbonyl (C=O) groups excluding carboxylic acids is 1. The highest BCUT2D eigenvalue weighted by Gasteiger charge is 2.09. The minimum Gasteiger partial charge on any atom is -0.497 e. The average Bonchev–Trinajstić information content (AvgIpc) is 2.54. The topological polar surface area (TPSA) is 44.8 Å². The molecule has 4 nitrogen and oxygen atoms in total. The predicted octanol–water partition coefficient (Wildman–Crippen LogP) is 3.24. The predicted molar refractivity (Wildman–Crippen MR) is 79.9 cm³/mol. The Morgan fingerprint density at radius 2 is 1.57 bits per heavy atom. The van der Waals surface area contributed by atoms with Gasteiger partial charge in [-0.05, 0) is 36.2 Å². The van der Waals surface area contributed by atoms with Crippen LogP contribution in [0.1, 0.15) is 12.0 Å². The van der Waals surface area contributed by atoms with Crippen LogP contribution < -0.4 is 14.2 Å². The third-order valence-electron chi connectivity index (χ3n) is 3.07. The number of ether oxygens (including phenoxy) is 3. The zero-order valence-electron chi connectivity index (χ0n) is 12.2. The van der Waals surface area contributed by atoms with Gasteiger partial charge < -0.3 is 14.2 Å². The van der Waals surface area contributed by atoms with E-state index in [-0.39, 0.29) is 5.97 Å². The minimum absolute atomic E-state index is 0.282. The summed E-state index contributed by atoms with van der Waals surface area (Å²) in [6.45, 7) is 0. The van der Waals surface area contributed by atoms with Crippen LogP contribution in [-0.2, 0) is 11.2 Å². The van der Waals surface area contributed by atoms with Crippen LogP contribution in [0, 0.1) is 0 Å². The lowest BCUT2D eigenvalue weighted by atomic mass is 10.1. The van der Waals surface area contributed by atoms with Gasteiger partial charge in [-0.1, -0.05) is 24.3 Å². The van der Waals surface area contributed by atoms with Crippen LogP contribution >= 0.6 is 0 Å². The lowest BCUT2D eigenvalue weighted by Crippen LogP contribution is -2.09. The van der Waals surface area contributed by atoms with E-state index in [0.717, 1.165) is 11.3 Å². The first kappa shape index (κ1) is 14.9. The first-order chi connectivity index (χ1) is 10.2. The van der Waals surface area contributed by atoms with Gasteiger partial charge in [-0.3, -0.25) is 4.79 Å². The molecule has 0 bridgehead atoms. The second-order valence-corrected chi connectivity index (χ2v) is 4.47. The Kier molecular flexibility index (Phi) is 5.21. The summed E-state index contributed by atoms with van der Waals surface area (Å²) in [4.78, 5) is 11.9. The van der Waals surface area contributed by atoms with Crippen molar-refractivity contribution in [3.8, 4) is 17.2 Å². The van der Waals surface area contributed by atoms with Crippen LogP contribution in [0.3, 0.4) is 0 Å². The molecule has 2 aromatic carbocycles. The molecule has 0 radical (unpaired) electrons. The number of methoxy groups -OCH3 is 2. The second kappa shape index (κ2) is 7.33. The molecule has 2 aromatic rings. The first-order valence-corrected chi connectivity index (χ1v) is 6.69. The molecule has 0 N–H and O–H groups in total. The van der Waals surface area contributed by atoms with Crippen molar-refractivity contribution in [3.05, 3.63) is 54.1 Å². The normalized spacial score (nSPS) is 10.0. The van der Waals surface area contributed by atoms with Crippen LogP contribution in [0.5, 0.6) is 17.2 Å². The molecule has 2 rings (SSSR count). The fourth-order valence-electron chi connectivity index (χ4n) is 1.92. The molecule has 0 unspecified atom stereocenters. The lowest BCUT2D eigenvalue weighted by molar-refractivity contribution is -0.134. The summed E-state index contributed by atoms with van der Waals surface area (Å²) in [7, 11) is 3.17. The Labute approximate surface area is 124 Å². The van der Waals surface area contributed by atoms with Crippen molar-refractivity contribution in [2.45, 2.75) is 12.8 Å². The quantitative estimate of drug-likeness (QED) is 0.604. The fourth-order valence-corrected chi connectivity index (χ4v) is 1.92. The smallest absolute Gasteiger partial charge is 0.311 e. The number of esters is 1. The van der Waals surface area contributed by atoms with Crippen molar-refractivity contribution in [1.29, 1.82) is 0 Å². The SMILES string of the molecule is COc1ccc(CCC(=O)Oc2ccccc2OC)cc1. The number of rotatable bonds is 6. The molecule has 0 aliphatic carbocycles. The van der Waals surface area contributed by atoms with Gasteiger partial charge in [0.15, 0.2) is 11.5 Å². The van der Waals surface area contributed by atoms with Crippen LogP contribution in [0.25, 0.3) is 0 Å². The number of aryl methyl sites for hydroxylation is 1. The van der Waals surface area contributed by atoms with Crippen molar-refractivity contribution >= 4 is 5.97 Å². The highest BCUT2D eigenvalue weighted by molar-refractivity contribution is 5.73. The molecular formula is C17H18O4. The maximum atomic E-state index is 11.9. The van der Waals surface area contributed by atoms with E-state index in [1.807, 2.05) is 30.3 Å². The van der Waals surface area contributed by atoms with Crippen LogP contribution in [-0.4, -0.2) is 20.2 Å². The average molecular weight is 286 g/mol. The molecule has 0 aliphatic rings. The molecule has 0 spiro atoms. The Hall–Kier alpha value is -2.49. The summed E-state index contributed by atoms with van der Waals surface area (Å²) >= 11 is 0. The van der Waals surface area contributed by atoms with Gasteiger partial charge in [-0.25, -0.2) is 0 Å². The largest absolute Gasteiger partial charge is 0.497 e. The zero-order chi connectivity index (χ0) is 15.1. The van der Waals surface area contributed by atoms with E-state index in [4.69, 9.17) is 14.2 Å². The molecule has 21 heavy (non-hydrogen) atoms. The Balaban J connectivity index is 1.89. The third-order valence-corrected chi connectivity index (χ3v) is 3.07. The molecule has 4 heteroatoms. The summed E-state index contributed by atoms with van der Waals surface area (Å²) in [5.74, 6) is 1.51. The van der Waals surface area contributed by atoms with E-state index in [0.29, 0.717) is 24.3 Å². The van der Waals surface area contributed by atoms with Gasteiger partial charge in [0.1, 0.15) is 5.75 Å². The van der Waals surface area contributed by atoms with E-state index in [1.165, 1.54) is 0 Å². The molecule has 0 aromatic heterocycles. The molecule has 0 fully saturated rings. The van der Waals surface area contributed by atoms with Crippen LogP contribution in [0.15, 0.2) is 48.5 Å². The number of para-hydroxylation sites is 2. The highest BCUT2D eigenvalue weighted by atomic mass is 16.6. The molecule has 0 saturated carbocycles. The van der Waals surface area contributed by atoms with Gasteiger partial charge in [0.2, 0.25) is 0 Å². The molecule has 110 valence electrons. The van der Waals surface area contributed by atoms with Gasteiger partial charge >= 0.3 is 5.97 Å². The van der Waals surface area contributed by atoms with Gasteiger partial charge in [-0.15, -0.1) is 0 Å². The minimum atomic E-state index is -0.282. The van der Waals surface area contributed by atoms with E-state index < -0.39 is 0 Å². The van der Waals surface area contributed by atoms with Crippen LogP contribution in [0.2, 0.25) is 0 Å². The van der Waals surface area contributed by atoms with Gasteiger partial charge in [-0.2, -0.15) is 0 Å². The number of hydrogen-bond donors (Lipinski definition) is 0. The van der Waals surface area contributed by atoms with Crippen molar-refractivity contribution in [2.24, 2.45) is 0 Å². The summed E-state index contributed by atoms with van der Waals surface area (Å²) in [5, 5.41) is 0. The molecule has 0 heterocycles. The third kappa shape index (κ3) is 4.24. The van der Waals surface area contributed by atoms with Crippen molar-refractivity contribution in [1.82, 2.24) is 0 Å². The van der Waals surface area contributed by atoms with E-state index in [9.17, 15) is 4.79 Å². The lowest BCUT2D eigenvalue weighted by Gasteiger charge is -2.08. The fraction of sp³-hybridized carbons (Fsp3) is 0.235. The van der Waals surface area contributed by atoms with E-state index >= 15 is 0 Å². The van der Waals surface area contributed by atoms with Crippen molar-refractivity contribution in [3.63, 3.8) is 0 Å². The summed E-state index contributed by atoms with van der Waals surface area (Å²) in [6.07, 6.45) is 0.933. The summed E-state index contributed by atoms with van der Waals surface area (Å²) in [6, 6.07) is 14.7. The summed E-state index contributed by atoms with van der Waals surface area (Å²) in [5.41, 5.74) is 1.06. The number of benzene rings is 2.